The van der Waals surface area contributed by atoms with Crippen LogP contribution in [0.5, 0.6) is 11.5 Å². The molecule has 27 heavy (non-hydrogen) atoms. The summed E-state index contributed by atoms with van der Waals surface area (Å²) < 4.78 is 32.4. The number of likely N-dealkylation sites (tertiary alicyclic amines) is 1. The molecule has 0 radical (unpaired) electrons. The van der Waals surface area contributed by atoms with Gasteiger partial charge in [-0.1, -0.05) is 0 Å². The molecule has 1 aliphatic carbocycles. The third-order valence-electron chi connectivity index (χ3n) is 5.47. The molecule has 5 nitrogen and oxygen atoms in total. The summed E-state index contributed by atoms with van der Waals surface area (Å²) >= 11 is 0. The molecular weight excluding hydrogens is 354 g/mol. The summed E-state index contributed by atoms with van der Waals surface area (Å²) in [6.45, 7) is 2.21. The first-order valence-corrected chi connectivity index (χ1v) is 9.14. The smallest absolute Gasteiger partial charge is 0.133 e. The number of benzene rings is 1. The van der Waals surface area contributed by atoms with Gasteiger partial charge in [-0.2, -0.15) is 0 Å². The molecule has 1 aromatic heterocycles. The molecule has 144 valence electrons. The molecule has 2 unspecified atom stereocenters. The van der Waals surface area contributed by atoms with E-state index in [9.17, 15) is 19.0 Å². The summed E-state index contributed by atoms with van der Waals surface area (Å²) in [7, 11) is 0. The number of aliphatic hydroxyl groups is 1. The van der Waals surface area contributed by atoms with Crippen molar-refractivity contribution >= 4 is 0 Å². The molecule has 1 aromatic carbocycles. The zero-order chi connectivity index (χ0) is 19.0. The molecule has 4 atom stereocenters. The summed E-state index contributed by atoms with van der Waals surface area (Å²) in [4.78, 5) is 6.27. The van der Waals surface area contributed by atoms with Crippen LogP contribution in [0.4, 0.5) is 8.78 Å². The van der Waals surface area contributed by atoms with Crippen LogP contribution in [0, 0.1) is 23.5 Å². The van der Waals surface area contributed by atoms with Gasteiger partial charge in [0.1, 0.15) is 29.2 Å². The number of fused-ring (bicyclic) bond motifs is 1. The Morgan fingerprint density at radius 2 is 1.78 bits per heavy atom. The summed E-state index contributed by atoms with van der Waals surface area (Å²) in [6.07, 6.45) is 2.27. The fourth-order valence-corrected chi connectivity index (χ4v) is 4.31. The summed E-state index contributed by atoms with van der Waals surface area (Å²) in [5.41, 5.74) is 0.541. The topological polar surface area (TPSA) is 65.8 Å². The molecule has 7 heteroatoms. The van der Waals surface area contributed by atoms with Crippen LogP contribution in [0.15, 0.2) is 36.5 Å². The Morgan fingerprint density at radius 3 is 2.37 bits per heavy atom. The summed E-state index contributed by atoms with van der Waals surface area (Å²) in [6, 6.07) is 6.40. The second-order valence-corrected chi connectivity index (χ2v) is 7.51. The third-order valence-corrected chi connectivity index (χ3v) is 5.47. The number of β-amino-alcohol motifs (C(OH)–C–C–N with tert-alkyl or cyclic N) is 1. The molecule has 1 saturated carbocycles. The predicted octanol–water partition coefficient (Wildman–Crippen LogP) is 2.89. The van der Waals surface area contributed by atoms with E-state index in [0.717, 1.165) is 32.0 Å². The van der Waals surface area contributed by atoms with Crippen molar-refractivity contribution in [1.29, 1.82) is 0 Å². The van der Waals surface area contributed by atoms with Crippen LogP contribution in [-0.2, 0) is 0 Å². The lowest BCUT2D eigenvalue weighted by molar-refractivity contribution is 0.113. The van der Waals surface area contributed by atoms with Crippen LogP contribution in [0.2, 0.25) is 0 Å². The standard InChI is InChI=1S/C20H22F2N2O3/c21-14-5-15(22)7-18(6-14)27-17-3-12-9-24(10-13(12)4-17)11-20(26)19-2-1-16(25)8-23-19/h1-2,5-8,12-13,17,20,25-26H,3-4,9-11H2/t12-,13+,17?,20?. The molecule has 4 rings (SSSR count). The number of halogens is 2. The fourth-order valence-electron chi connectivity index (χ4n) is 4.31. The van der Waals surface area contributed by atoms with Gasteiger partial charge in [-0.15, -0.1) is 0 Å². The minimum absolute atomic E-state index is 0.0351. The number of nitrogens with zero attached hydrogens (tertiary/aromatic N) is 2. The normalized spacial score (nSPS) is 26.1. The van der Waals surface area contributed by atoms with E-state index in [2.05, 4.69) is 9.88 Å². The average molecular weight is 376 g/mol. The van der Waals surface area contributed by atoms with E-state index in [1.165, 1.54) is 24.4 Å². The van der Waals surface area contributed by atoms with Gasteiger partial charge in [0.05, 0.1) is 18.0 Å². The Kier molecular flexibility index (Phi) is 4.97. The number of ether oxygens (including phenoxy) is 1. The van der Waals surface area contributed by atoms with Crippen molar-refractivity contribution in [3.8, 4) is 11.5 Å². The van der Waals surface area contributed by atoms with Crippen LogP contribution in [0.3, 0.4) is 0 Å². The Morgan fingerprint density at radius 1 is 1.11 bits per heavy atom. The van der Waals surface area contributed by atoms with Crippen LogP contribution in [-0.4, -0.2) is 45.8 Å². The van der Waals surface area contributed by atoms with E-state index in [1.807, 2.05) is 0 Å². The number of hydrogen-bond donors (Lipinski definition) is 2. The third kappa shape index (κ3) is 4.20. The first-order valence-electron chi connectivity index (χ1n) is 9.14. The van der Waals surface area contributed by atoms with Crippen molar-refractivity contribution < 1.29 is 23.7 Å². The highest BCUT2D eigenvalue weighted by atomic mass is 19.1. The molecule has 2 aliphatic rings. The van der Waals surface area contributed by atoms with Crippen molar-refractivity contribution in [1.82, 2.24) is 9.88 Å². The molecule has 2 aromatic rings. The van der Waals surface area contributed by atoms with Crippen molar-refractivity contribution in [2.45, 2.75) is 25.0 Å². The Hall–Kier alpha value is -2.25. The lowest BCUT2D eigenvalue weighted by Gasteiger charge is -2.22. The van der Waals surface area contributed by atoms with Gasteiger partial charge in [0.2, 0.25) is 0 Å². The maximum atomic E-state index is 13.3. The number of hydrogen-bond acceptors (Lipinski definition) is 5. The fraction of sp³-hybridized carbons (Fsp3) is 0.450. The number of aliphatic hydroxyl groups excluding tert-OH is 1. The summed E-state index contributed by atoms with van der Waals surface area (Å²) in [5, 5.41) is 19.6. The van der Waals surface area contributed by atoms with Crippen LogP contribution < -0.4 is 4.74 Å². The van der Waals surface area contributed by atoms with Gasteiger partial charge in [0.25, 0.3) is 0 Å². The van der Waals surface area contributed by atoms with Crippen LogP contribution in [0.25, 0.3) is 0 Å². The van der Waals surface area contributed by atoms with E-state index in [0.29, 0.717) is 24.1 Å². The van der Waals surface area contributed by atoms with Gasteiger partial charge >= 0.3 is 0 Å². The van der Waals surface area contributed by atoms with Gasteiger partial charge in [-0.25, -0.2) is 8.78 Å². The maximum absolute atomic E-state index is 13.3. The van der Waals surface area contributed by atoms with Crippen LogP contribution in [0.1, 0.15) is 24.6 Å². The number of rotatable bonds is 5. The number of aromatic hydroxyl groups is 1. The predicted molar refractivity (Wildman–Crippen MR) is 94.3 cm³/mol. The van der Waals surface area contributed by atoms with E-state index in [1.54, 1.807) is 6.07 Å². The van der Waals surface area contributed by atoms with E-state index in [4.69, 9.17) is 4.74 Å². The molecule has 1 aliphatic heterocycles. The molecule has 0 bridgehead atoms. The first kappa shape index (κ1) is 18.1. The van der Waals surface area contributed by atoms with Crippen molar-refractivity contribution in [2.75, 3.05) is 19.6 Å². The molecular formula is C20H22F2N2O3. The first-order chi connectivity index (χ1) is 13.0. The lowest BCUT2D eigenvalue weighted by Crippen LogP contribution is -2.29. The molecule has 0 spiro atoms. The quantitative estimate of drug-likeness (QED) is 0.840. The monoisotopic (exact) mass is 376 g/mol. The minimum Gasteiger partial charge on any atom is -0.506 e. The largest absolute Gasteiger partial charge is 0.506 e. The lowest BCUT2D eigenvalue weighted by atomic mass is 10.0. The van der Waals surface area contributed by atoms with Crippen molar-refractivity contribution in [3.63, 3.8) is 0 Å². The average Bonchev–Trinajstić information content (AvgIpc) is 3.12. The molecule has 2 N–H and O–H groups in total. The van der Waals surface area contributed by atoms with Crippen molar-refractivity contribution in [2.24, 2.45) is 11.8 Å². The number of aromatic nitrogens is 1. The van der Waals surface area contributed by atoms with Gasteiger partial charge in [0, 0.05) is 37.8 Å². The van der Waals surface area contributed by atoms with Crippen molar-refractivity contribution in [3.05, 3.63) is 53.9 Å². The molecule has 2 fully saturated rings. The second kappa shape index (κ2) is 7.40. The minimum atomic E-state index is -0.702. The van der Waals surface area contributed by atoms with Gasteiger partial charge < -0.3 is 14.9 Å². The highest BCUT2D eigenvalue weighted by Crippen LogP contribution is 2.40. The van der Waals surface area contributed by atoms with Gasteiger partial charge in [0.15, 0.2) is 0 Å². The van der Waals surface area contributed by atoms with E-state index < -0.39 is 17.7 Å². The van der Waals surface area contributed by atoms with Gasteiger partial charge in [-0.05, 0) is 36.8 Å². The Labute approximate surface area is 156 Å². The molecule has 2 heterocycles. The maximum Gasteiger partial charge on any atom is 0.133 e. The second-order valence-electron chi connectivity index (χ2n) is 7.51. The van der Waals surface area contributed by atoms with Gasteiger partial charge in [-0.3, -0.25) is 9.88 Å². The highest BCUT2D eigenvalue weighted by molar-refractivity contribution is 5.24. The van der Waals surface area contributed by atoms with E-state index >= 15 is 0 Å². The summed E-state index contributed by atoms with van der Waals surface area (Å²) in [5.74, 6) is -0.0480. The van der Waals surface area contributed by atoms with Crippen LogP contribution >= 0.6 is 0 Å². The molecule has 0 amide bonds. The van der Waals surface area contributed by atoms with E-state index in [-0.39, 0.29) is 17.6 Å². The SMILES string of the molecule is Oc1ccc(C(O)CN2C[C@H]3CC(Oc4cc(F)cc(F)c4)C[C@H]3C2)nc1. The number of pyridine rings is 1. The Bertz CT molecular complexity index is 768. The highest BCUT2D eigenvalue weighted by Gasteiger charge is 2.42. The Balaban J connectivity index is 1.29. The zero-order valence-electron chi connectivity index (χ0n) is 14.8. The molecule has 1 saturated heterocycles. The zero-order valence-corrected chi connectivity index (χ0v) is 14.8.